The number of halogens is 2. The first-order valence-corrected chi connectivity index (χ1v) is 9.43. The molecule has 2 aliphatic heterocycles. The molecule has 1 aromatic carbocycles. The van der Waals surface area contributed by atoms with Crippen LogP contribution in [-0.2, 0) is 11.2 Å². The molecule has 0 radical (unpaired) electrons. The zero-order chi connectivity index (χ0) is 17.9. The van der Waals surface area contributed by atoms with Gasteiger partial charge in [0.1, 0.15) is 0 Å². The van der Waals surface area contributed by atoms with Crippen molar-refractivity contribution in [3.8, 4) is 0 Å². The van der Waals surface area contributed by atoms with E-state index in [2.05, 4.69) is 20.5 Å². The quantitative estimate of drug-likeness (QED) is 0.624. The molecule has 3 rings (SSSR count). The van der Waals surface area contributed by atoms with Crippen molar-refractivity contribution in [3.63, 3.8) is 0 Å². The van der Waals surface area contributed by atoms with Gasteiger partial charge in [-0.25, -0.2) is 0 Å². The van der Waals surface area contributed by atoms with Gasteiger partial charge in [0.2, 0.25) is 5.91 Å². The first-order chi connectivity index (χ1) is 12.0. The highest BCUT2D eigenvalue weighted by Crippen LogP contribution is 2.35. The van der Waals surface area contributed by atoms with Crippen LogP contribution in [0.15, 0.2) is 23.2 Å². The van der Waals surface area contributed by atoms with E-state index >= 15 is 0 Å². The van der Waals surface area contributed by atoms with Crippen LogP contribution < -0.4 is 10.6 Å². The number of nitrogens with zero attached hydrogens (tertiary/aromatic N) is 2. The topological polar surface area (TPSA) is 56.7 Å². The Balaban J connectivity index is 1.56. The number of benzene rings is 1. The lowest BCUT2D eigenvalue weighted by Crippen LogP contribution is -2.51. The Hall–Kier alpha value is -1.46. The normalized spacial score (nSPS) is 23.9. The van der Waals surface area contributed by atoms with Gasteiger partial charge in [0.05, 0.1) is 0 Å². The first-order valence-electron chi connectivity index (χ1n) is 8.67. The fraction of sp³-hybridized carbons (Fsp3) is 0.556. The predicted octanol–water partition coefficient (Wildman–Crippen LogP) is 2.71. The Morgan fingerprint density at radius 2 is 2.12 bits per heavy atom. The van der Waals surface area contributed by atoms with E-state index in [0.717, 1.165) is 57.0 Å². The molecule has 1 aromatic rings. The van der Waals surface area contributed by atoms with Crippen LogP contribution in [-0.4, -0.2) is 50.0 Å². The monoisotopic (exact) mass is 382 g/mol. The lowest BCUT2D eigenvalue weighted by Gasteiger charge is -2.40. The number of likely N-dealkylation sites (tertiary alicyclic amines) is 1. The minimum Gasteiger partial charge on any atom is -0.356 e. The second-order valence-electron chi connectivity index (χ2n) is 6.98. The zero-order valence-electron chi connectivity index (χ0n) is 14.4. The van der Waals surface area contributed by atoms with Crippen LogP contribution in [0.5, 0.6) is 0 Å². The Morgan fingerprint density at radius 1 is 1.36 bits per heavy atom. The van der Waals surface area contributed by atoms with Gasteiger partial charge >= 0.3 is 0 Å². The zero-order valence-corrected chi connectivity index (χ0v) is 16.0. The summed E-state index contributed by atoms with van der Waals surface area (Å²) in [5.74, 6) is 1.06. The molecule has 1 amide bonds. The number of piperidine rings is 1. The number of amides is 1. The SMILES string of the molecule is CN=C(NCCc1cc(Cl)cc(Cl)c1)N1CCCC2(CNC(=O)C2)C1. The van der Waals surface area contributed by atoms with E-state index in [1.54, 1.807) is 13.1 Å². The van der Waals surface area contributed by atoms with Crippen molar-refractivity contribution in [2.45, 2.75) is 25.7 Å². The van der Waals surface area contributed by atoms with E-state index in [-0.39, 0.29) is 11.3 Å². The van der Waals surface area contributed by atoms with Crippen LogP contribution in [0.2, 0.25) is 10.0 Å². The summed E-state index contributed by atoms with van der Waals surface area (Å²) < 4.78 is 0. The second-order valence-corrected chi connectivity index (χ2v) is 7.85. The van der Waals surface area contributed by atoms with E-state index in [9.17, 15) is 4.79 Å². The van der Waals surface area contributed by atoms with E-state index in [1.807, 2.05) is 12.1 Å². The van der Waals surface area contributed by atoms with Crippen molar-refractivity contribution >= 4 is 35.1 Å². The molecule has 2 aliphatic rings. The molecule has 136 valence electrons. The van der Waals surface area contributed by atoms with E-state index in [1.165, 1.54) is 0 Å². The lowest BCUT2D eigenvalue weighted by atomic mass is 9.79. The summed E-state index contributed by atoms with van der Waals surface area (Å²) in [5.41, 5.74) is 1.16. The summed E-state index contributed by atoms with van der Waals surface area (Å²) in [6.45, 7) is 3.37. The minimum absolute atomic E-state index is 0.0629. The number of guanidine groups is 1. The molecule has 1 unspecified atom stereocenters. The van der Waals surface area contributed by atoms with Crippen LogP contribution in [0.1, 0.15) is 24.8 Å². The van der Waals surface area contributed by atoms with Crippen LogP contribution in [0.3, 0.4) is 0 Å². The number of rotatable bonds is 3. The van der Waals surface area contributed by atoms with Crippen LogP contribution in [0.4, 0.5) is 0 Å². The van der Waals surface area contributed by atoms with Gasteiger partial charge in [0, 0.05) is 55.1 Å². The number of carbonyl (C=O) groups excluding carboxylic acids is 1. The number of hydrogen-bond donors (Lipinski definition) is 2. The van der Waals surface area contributed by atoms with Crippen molar-refractivity contribution in [2.24, 2.45) is 10.4 Å². The molecule has 0 aromatic heterocycles. The van der Waals surface area contributed by atoms with Crippen molar-refractivity contribution in [1.29, 1.82) is 0 Å². The van der Waals surface area contributed by atoms with Gasteiger partial charge in [0.25, 0.3) is 0 Å². The number of hydrogen-bond acceptors (Lipinski definition) is 2. The summed E-state index contributed by atoms with van der Waals surface area (Å²) in [6, 6.07) is 5.61. The maximum atomic E-state index is 11.6. The lowest BCUT2D eigenvalue weighted by molar-refractivity contribution is -0.119. The highest BCUT2D eigenvalue weighted by atomic mass is 35.5. The fourth-order valence-electron chi connectivity index (χ4n) is 3.84. The van der Waals surface area contributed by atoms with Gasteiger partial charge in [-0.05, 0) is 43.0 Å². The first kappa shape index (κ1) is 18.3. The Morgan fingerprint density at radius 3 is 2.76 bits per heavy atom. The minimum atomic E-state index is 0.0629. The molecular weight excluding hydrogens is 359 g/mol. The molecule has 0 saturated carbocycles. The van der Waals surface area contributed by atoms with Crippen LogP contribution in [0, 0.1) is 5.41 Å². The molecule has 2 saturated heterocycles. The predicted molar refractivity (Wildman–Crippen MR) is 102 cm³/mol. The third kappa shape index (κ3) is 4.59. The van der Waals surface area contributed by atoms with Crippen molar-refractivity contribution in [2.75, 3.05) is 33.2 Å². The molecule has 1 spiro atoms. The maximum Gasteiger partial charge on any atom is 0.220 e. The molecule has 2 N–H and O–H groups in total. The van der Waals surface area contributed by atoms with Gasteiger partial charge in [-0.2, -0.15) is 0 Å². The third-order valence-electron chi connectivity index (χ3n) is 4.99. The van der Waals surface area contributed by atoms with Gasteiger partial charge in [0.15, 0.2) is 5.96 Å². The molecule has 0 bridgehead atoms. The molecule has 1 atom stereocenters. The summed E-state index contributed by atoms with van der Waals surface area (Å²) in [6.07, 6.45) is 3.62. The van der Waals surface area contributed by atoms with Crippen LogP contribution >= 0.6 is 23.2 Å². The van der Waals surface area contributed by atoms with E-state index in [4.69, 9.17) is 23.2 Å². The Kier molecular flexibility index (Phi) is 5.74. The maximum absolute atomic E-state index is 11.6. The van der Waals surface area contributed by atoms with Crippen LogP contribution in [0.25, 0.3) is 0 Å². The van der Waals surface area contributed by atoms with Gasteiger partial charge in [-0.1, -0.05) is 23.2 Å². The average Bonchev–Trinajstić information content (AvgIpc) is 2.91. The fourth-order valence-corrected chi connectivity index (χ4v) is 4.41. The standard InChI is InChI=1S/C18H24Cl2N4O/c1-21-17(22-5-3-13-7-14(19)9-15(20)8-13)24-6-2-4-18(12-24)10-16(25)23-11-18/h7-9H,2-6,10-12H2,1H3,(H,21,22)(H,23,25). The van der Waals surface area contributed by atoms with Crippen molar-refractivity contribution in [1.82, 2.24) is 15.5 Å². The second kappa shape index (κ2) is 7.83. The molecular formula is C18H24Cl2N4O. The van der Waals surface area contributed by atoms with Crippen molar-refractivity contribution < 1.29 is 4.79 Å². The molecule has 5 nitrogen and oxygen atoms in total. The number of carbonyl (C=O) groups is 1. The number of nitrogens with one attached hydrogen (secondary N) is 2. The van der Waals surface area contributed by atoms with E-state index < -0.39 is 0 Å². The summed E-state index contributed by atoms with van der Waals surface area (Å²) in [7, 11) is 1.80. The Bertz CT molecular complexity index is 659. The van der Waals surface area contributed by atoms with Crippen molar-refractivity contribution in [3.05, 3.63) is 33.8 Å². The van der Waals surface area contributed by atoms with Gasteiger partial charge < -0.3 is 15.5 Å². The summed E-state index contributed by atoms with van der Waals surface area (Å²) in [4.78, 5) is 18.3. The Labute approximate surface area is 158 Å². The van der Waals surface area contributed by atoms with Gasteiger partial charge in [-0.3, -0.25) is 9.79 Å². The third-order valence-corrected chi connectivity index (χ3v) is 5.42. The van der Waals surface area contributed by atoms with Gasteiger partial charge in [-0.15, -0.1) is 0 Å². The molecule has 2 heterocycles. The largest absolute Gasteiger partial charge is 0.356 e. The molecule has 7 heteroatoms. The highest BCUT2D eigenvalue weighted by molar-refractivity contribution is 6.34. The smallest absolute Gasteiger partial charge is 0.220 e. The van der Waals surface area contributed by atoms with E-state index in [0.29, 0.717) is 16.5 Å². The number of aliphatic imine (C=N–C) groups is 1. The summed E-state index contributed by atoms with van der Waals surface area (Å²) >= 11 is 12.1. The summed E-state index contributed by atoms with van der Waals surface area (Å²) in [5, 5.41) is 7.72. The highest BCUT2D eigenvalue weighted by Gasteiger charge is 2.42. The average molecular weight is 383 g/mol. The molecule has 0 aliphatic carbocycles. The molecule has 2 fully saturated rings. The molecule has 25 heavy (non-hydrogen) atoms.